The summed E-state index contributed by atoms with van der Waals surface area (Å²) in [5, 5.41) is 5.39. The number of hydrogen-bond donors (Lipinski definition) is 2. The summed E-state index contributed by atoms with van der Waals surface area (Å²) in [6.45, 7) is 2.98. The van der Waals surface area contributed by atoms with Crippen LogP contribution in [0.2, 0.25) is 0 Å². The number of fused-ring (bicyclic) bond motifs is 1. The molecule has 7 heteroatoms. The fraction of sp³-hybridized carbons (Fsp3) is 0.136. The molecule has 7 nitrogen and oxygen atoms in total. The number of anilines is 1. The van der Waals surface area contributed by atoms with Crippen LogP contribution in [0.15, 0.2) is 70.7 Å². The van der Waals surface area contributed by atoms with Gasteiger partial charge in [-0.2, -0.15) is 5.10 Å². The number of H-pyrrole nitrogens is 1. The number of rotatable bonds is 6. The SMILES string of the molecule is CCn1cc(/C=N\Nc2nc(-c3ccc(OC)cc3)cc(=O)[nH]2)c2ccccc21. The van der Waals surface area contributed by atoms with E-state index in [0.717, 1.165) is 34.3 Å². The van der Waals surface area contributed by atoms with Crippen molar-refractivity contribution in [1.29, 1.82) is 0 Å². The maximum Gasteiger partial charge on any atom is 0.252 e. The third kappa shape index (κ3) is 3.89. The fourth-order valence-electron chi connectivity index (χ4n) is 3.22. The van der Waals surface area contributed by atoms with E-state index in [-0.39, 0.29) is 11.5 Å². The molecule has 0 saturated carbocycles. The van der Waals surface area contributed by atoms with Crippen molar-refractivity contribution in [2.75, 3.05) is 12.5 Å². The highest BCUT2D eigenvalue weighted by atomic mass is 16.5. The molecular weight excluding hydrogens is 366 g/mol. The summed E-state index contributed by atoms with van der Waals surface area (Å²) in [6, 6.07) is 17.0. The zero-order valence-corrected chi connectivity index (χ0v) is 16.2. The van der Waals surface area contributed by atoms with Crippen LogP contribution in [0, 0.1) is 0 Å². The molecule has 2 aromatic heterocycles. The lowest BCUT2D eigenvalue weighted by atomic mass is 10.1. The number of hydrogen-bond acceptors (Lipinski definition) is 5. The topological polar surface area (TPSA) is 84.3 Å². The summed E-state index contributed by atoms with van der Waals surface area (Å²) < 4.78 is 7.33. The molecule has 2 heterocycles. The third-order valence-electron chi connectivity index (χ3n) is 4.66. The predicted molar refractivity (Wildman–Crippen MR) is 116 cm³/mol. The average Bonchev–Trinajstić information content (AvgIpc) is 3.11. The second-order valence-electron chi connectivity index (χ2n) is 6.47. The molecule has 4 aromatic rings. The lowest BCUT2D eigenvalue weighted by Crippen LogP contribution is -2.10. The van der Waals surface area contributed by atoms with Gasteiger partial charge in [-0.3, -0.25) is 9.78 Å². The van der Waals surface area contributed by atoms with Crippen LogP contribution in [0.1, 0.15) is 12.5 Å². The minimum Gasteiger partial charge on any atom is -0.497 e. The Hall–Kier alpha value is -3.87. The Balaban J connectivity index is 1.59. The Morgan fingerprint density at radius 3 is 2.76 bits per heavy atom. The van der Waals surface area contributed by atoms with E-state index in [2.05, 4.69) is 50.3 Å². The quantitative estimate of drug-likeness (QED) is 0.389. The maximum atomic E-state index is 12.0. The van der Waals surface area contributed by atoms with Crippen molar-refractivity contribution in [1.82, 2.24) is 14.5 Å². The zero-order valence-electron chi connectivity index (χ0n) is 16.2. The first-order chi connectivity index (χ1) is 14.2. The van der Waals surface area contributed by atoms with Crippen molar-refractivity contribution < 1.29 is 4.74 Å². The van der Waals surface area contributed by atoms with Gasteiger partial charge in [-0.05, 0) is 37.3 Å². The van der Waals surface area contributed by atoms with Crippen LogP contribution in [0.25, 0.3) is 22.2 Å². The Labute approximate surface area is 167 Å². The van der Waals surface area contributed by atoms with Gasteiger partial charge in [0.15, 0.2) is 0 Å². The van der Waals surface area contributed by atoms with Crippen LogP contribution < -0.4 is 15.7 Å². The lowest BCUT2D eigenvalue weighted by Gasteiger charge is -2.05. The van der Waals surface area contributed by atoms with Gasteiger partial charge >= 0.3 is 0 Å². The van der Waals surface area contributed by atoms with E-state index in [9.17, 15) is 4.79 Å². The van der Waals surface area contributed by atoms with Gasteiger partial charge in [-0.15, -0.1) is 0 Å². The molecular formula is C22H21N5O2. The number of para-hydroxylation sites is 1. The van der Waals surface area contributed by atoms with Gasteiger partial charge in [-0.25, -0.2) is 10.4 Å². The van der Waals surface area contributed by atoms with Crippen LogP contribution in [0.3, 0.4) is 0 Å². The maximum absolute atomic E-state index is 12.0. The van der Waals surface area contributed by atoms with Crippen molar-refractivity contribution in [3.05, 3.63) is 76.7 Å². The van der Waals surface area contributed by atoms with Gasteiger partial charge < -0.3 is 9.30 Å². The number of methoxy groups -OCH3 is 1. The monoisotopic (exact) mass is 387 g/mol. The Bertz CT molecular complexity index is 1220. The van der Waals surface area contributed by atoms with Crippen molar-refractivity contribution in [2.24, 2.45) is 5.10 Å². The molecule has 0 bridgehead atoms. The molecule has 0 radical (unpaired) electrons. The number of ether oxygens (including phenoxy) is 1. The van der Waals surface area contributed by atoms with E-state index in [1.165, 1.54) is 6.07 Å². The van der Waals surface area contributed by atoms with E-state index < -0.39 is 0 Å². The number of aromatic amines is 1. The van der Waals surface area contributed by atoms with Gasteiger partial charge in [0, 0.05) is 40.8 Å². The Kier molecular flexibility index (Phi) is 5.11. The highest BCUT2D eigenvalue weighted by Gasteiger charge is 2.06. The molecule has 0 aliphatic heterocycles. The van der Waals surface area contributed by atoms with Gasteiger partial charge in [0.2, 0.25) is 5.95 Å². The molecule has 0 spiro atoms. The first kappa shape index (κ1) is 18.5. The first-order valence-corrected chi connectivity index (χ1v) is 9.30. The highest BCUT2D eigenvalue weighted by Crippen LogP contribution is 2.21. The van der Waals surface area contributed by atoms with Crippen LogP contribution in [0.5, 0.6) is 5.75 Å². The summed E-state index contributed by atoms with van der Waals surface area (Å²) in [5.41, 5.74) is 6.08. The van der Waals surface area contributed by atoms with E-state index in [1.54, 1.807) is 13.3 Å². The number of nitrogens with zero attached hydrogens (tertiary/aromatic N) is 3. The van der Waals surface area contributed by atoms with Crippen LogP contribution in [-0.2, 0) is 6.54 Å². The zero-order chi connectivity index (χ0) is 20.2. The molecule has 4 rings (SSSR count). The normalized spacial score (nSPS) is 11.2. The number of hydrazone groups is 1. The van der Waals surface area contributed by atoms with Gasteiger partial charge in [0.1, 0.15) is 5.75 Å². The van der Waals surface area contributed by atoms with E-state index in [4.69, 9.17) is 4.74 Å². The van der Waals surface area contributed by atoms with E-state index >= 15 is 0 Å². The summed E-state index contributed by atoms with van der Waals surface area (Å²) in [6.07, 6.45) is 3.79. The second kappa shape index (κ2) is 8.02. The number of benzene rings is 2. The van der Waals surface area contributed by atoms with Gasteiger partial charge in [0.05, 0.1) is 19.0 Å². The average molecular weight is 387 g/mol. The molecule has 2 N–H and O–H groups in total. The van der Waals surface area contributed by atoms with Crippen LogP contribution in [-0.4, -0.2) is 27.9 Å². The predicted octanol–water partition coefficient (Wildman–Crippen LogP) is 3.87. The lowest BCUT2D eigenvalue weighted by molar-refractivity contribution is 0.415. The number of nitrogens with one attached hydrogen (secondary N) is 2. The molecule has 2 aromatic carbocycles. The smallest absolute Gasteiger partial charge is 0.252 e. The van der Waals surface area contributed by atoms with Crippen LogP contribution >= 0.6 is 0 Å². The van der Waals surface area contributed by atoms with Crippen LogP contribution in [0.4, 0.5) is 5.95 Å². The molecule has 0 aliphatic rings. The first-order valence-electron chi connectivity index (χ1n) is 9.30. The molecule has 0 atom stereocenters. The molecule has 0 unspecified atom stereocenters. The minimum atomic E-state index is -0.258. The molecule has 0 aliphatic carbocycles. The molecule has 29 heavy (non-hydrogen) atoms. The summed E-state index contributed by atoms with van der Waals surface area (Å²) >= 11 is 0. The number of aryl methyl sites for hydroxylation is 1. The number of aromatic nitrogens is 3. The Morgan fingerprint density at radius 2 is 2.00 bits per heavy atom. The standard InChI is InChI=1S/C22H21N5O2/c1-3-27-14-16(18-6-4-5-7-20(18)27)13-23-26-22-24-19(12-21(28)25-22)15-8-10-17(29-2)11-9-15/h4-14H,3H2,1-2H3,(H2,24,25,26,28)/b23-13-. The van der Waals surface area contributed by atoms with E-state index in [0.29, 0.717) is 5.69 Å². The molecule has 0 fully saturated rings. The fourth-order valence-corrected chi connectivity index (χ4v) is 3.22. The van der Waals surface area contributed by atoms with Crippen molar-refractivity contribution in [2.45, 2.75) is 13.5 Å². The largest absolute Gasteiger partial charge is 0.497 e. The van der Waals surface area contributed by atoms with Crippen molar-refractivity contribution >= 4 is 23.1 Å². The second-order valence-corrected chi connectivity index (χ2v) is 6.47. The molecule has 0 saturated heterocycles. The summed E-state index contributed by atoms with van der Waals surface area (Å²) in [4.78, 5) is 19.1. The molecule has 146 valence electrons. The minimum absolute atomic E-state index is 0.258. The third-order valence-corrected chi connectivity index (χ3v) is 4.66. The van der Waals surface area contributed by atoms with Crippen molar-refractivity contribution in [3.8, 4) is 17.0 Å². The Morgan fingerprint density at radius 1 is 1.21 bits per heavy atom. The van der Waals surface area contributed by atoms with Crippen molar-refractivity contribution in [3.63, 3.8) is 0 Å². The summed E-state index contributed by atoms with van der Waals surface area (Å²) in [5.74, 6) is 1.02. The van der Waals surface area contributed by atoms with Gasteiger partial charge in [-0.1, -0.05) is 18.2 Å². The summed E-state index contributed by atoms with van der Waals surface area (Å²) in [7, 11) is 1.61. The highest BCUT2D eigenvalue weighted by molar-refractivity contribution is 5.99. The molecule has 0 amide bonds. The van der Waals surface area contributed by atoms with E-state index in [1.807, 2.05) is 36.4 Å². The van der Waals surface area contributed by atoms with Gasteiger partial charge in [0.25, 0.3) is 5.56 Å².